The molecule has 1 aromatic carbocycles. The molecule has 0 aliphatic heterocycles. The fourth-order valence-electron chi connectivity index (χ4n) is 1.85. The second kappa shape index (κ2) is 5.45. The Balaban J connectivity index is 2.25. The van der Waals surface area contributed by atoms with Crippen molar-refractivity contribution in [3.63, 3.8) is 0 Å². The Hall–Kier alpha value is -2.81. The molecule has 20 heavy (non-hydrogen) atoms. The number of hydrogen-bond donors (Lipinski definition) is 1. The van der Waals surface area contributed by atoms with Gasteiger partial charge in [0.05, 0.1) is 22.2 Å². The second-order valence-corrected chi connectivity index (χ2v) is 4.41. The molecular formula is C14H13N3O3. The van der Waals surface area contributed by atoms with Crippen molar-refractivity contribution in [2.75, 3.05) is 5.32 Å². The first-order valence-corrected chi connectivity index (χ1v) is 6.02. The molecule has 6 nitrogen and oxygen atoms in total. The molecule has 1 atom stereocenters. The molecule has 1 heterocycles. The monoisotopic (exact) mass is 271 g/mol. The van der Waals surface area contributed by atoms with Crippen LogP contribution >= 0.6 is 0 Å². The summed E-state index contributed by atoms with van der Waals surface area (Å²) in [4.78, 5) is 10.2. The molecule has 0 saturated carbocycles. The van der Waals surface area contributed by atoms with Gasteiger partial charge < -0.3 is 9.73 Å². The van der Waals surface area contributed by atoms with E-state index in [2.05, 4.69) is 5.32 Å². The molecular weight excluding hydrogens is 258 g/mol. The van der Waals surface area contributed by atoms with Gasteiger partial charge in [0.15, 0.2) is 0 Å². The average Bonchev–Trinajstić information content (AvgIpc) is 2.85. The number of anilines is 1. The molecule has 2 aromatic rings. The van der Waals surface area contributed by atoms with Crippen molar-refractivity contribution in [2.24, 2.45) is 0 Å². The fraction of sp³-hybridized carbons (Fsp3) is 0.214. The zero-order valence-corrected chi connectivity index (χ0v) is 11.1. The topological polar surface area (TPSA) is 92.1 Å². The van der Waals surface area contributed by atoms with E-state index in [1.54, 1.807) is 0 Å². The van der Waals surface area contributed by atoms with E-state index in [1.807, 2.05) is 32.0 Å². The van der Waals surface area contributed by atoms with E-state index < -0.39 is 4.92 Å². The third-order valence-corrected chi connectivity index (χ3v) is 2.89. The molecule has 0 aliphatic rings. The maximum atomic E-state index is 10.7. The summed E-state index contributed by atoms with van der Waals surface area (Å²) in [7, 11) is 0. The van der Waals surface area contributed by atoms with Gasteiger partial charge in [-0.05, 0) is 32.0 Å². The maximum absolute atomic E-state index is 10.7. The SMILES string of the molecule is Cc1ccc(C(C)Nc2ccc([N+](=O)[O-])cc2C#N)o1. The lowest BCUT2D eigenvalue weighted by Crippen LogP contribution is -2.07. The van der Waals surface area contributed by atoms with Crippen molar-refractivity contribution in [3.8, 4) is 6.07 Å². The highest BCUT2D eigenvalue weighted by Crippen LogP contribution is 2.26. The van der Waals surface area contributed by atoms with E-state index in [0.29, 0.717) is 5.69 Å². The molecule has 0 radical (unpaired) electrons. The number of nitro benzene ring substituents is 1. The van der Waals surface area contributed by atoms with Gasteiger partial charge in [-0.3, -0.25) is 10.1 Å². The fourth-order valence-corrected chi connectivity index (χ4v) is 1.85. The lowest BCUT2D eigenvalue weighted by molar-refractivity contribution is -0.384. The van der Waals surface area contributed by atoms with Crippen molar-refractivity contribution in [2.45, 2.75) is 19.9 Å². The Morgan fingerprint density at radius 3 is 2.70 bits per heavy atom. The third-order valence-electron chi connectivity index (χ3n) is 2.89. The minimum atomic E-state index is -0.524. The number of non-ortho nitro benzene ring substituents is 1. The van der Waals surface area contributed by atoms with Gasteiger partial charge in [-0.25, -0.2) is 0 Å². The van der Waals surface area contributed by atoms with Gasteiger partial charge in [0.2, 0.25) is 0 Å². The summed E-state index contributed by atoms with van der Waals surface area (Å²) in [6.45, 7) is 3.74. The number of nitrogens with one attached hydrogen (secondary N) is 1. The Morgan fingerprint density at radius 1 is 1.40 bits per heavy atom. The van der Waals surface area contributed by atoms with Crippen LogP contribution in [-0.2, 0) is 0 Å². The number of benzene rings is 1. The molecule has 0 fully saturated rings. The summed E-state index contributed by atoms with van der Waals surface area (Å²) in [5, 5.41) is 22.9. The number of nitro groups is 1. The highest BCUT2D eigenvalue weighted by molar-refractivity contribution is 5.61. The van der Waals surface area contributed by atoms with Crippen LogP contribution in [0, 0.1) is 28.4 Å². The normalized spacial score (nSPS) is 11.7. The van der Waals surface area contributed by atoms with Crippen LogP contribution in [0.2, 0.25) is 0 Å². The van der Waals surface area contributed by atoms with Gasteiger partial charge in [-0.15, -0.1) is 0 Å². The lowest BCUT2D eigenvalue weighted by Gasteiger charge is -2.14. The van der Waals surface area contributed by atoms with Gasteiger partial charge >= 0.3 is 0 Å². The average molecular weight is 271 g/mol. The van der Waals surface area contributed by atoms with E-state index in [4.69, 9.17) is 9.68 Å². The summed E-state index contributed by atoms with van der Waals surface area (Å²) in [5.74, 6) is 1.54. The molecule has 0 saturated heterocycles. The smallest absolute Gasteiger partial charge is 0.270 e. The molecule has 1 unspecified atom stereocenters. The second-order valence-electron chi connectivity index (χ2n) is 4.41. The van der Waals surface area contributed by atoms with Crippen LogP contribution in [-0.4, -0.2) is 4.92 Å². The van der Waals surface area contributed by atoms with Crippen molar-refractivity contribution in [3.05, 3.63) is 57.5 Å². The van der Waals surface area contributed by atoms with Crippen molar-refractivity contribution < 1.29 is 9.34 Å². The zero-order valence-electron chi connectivity index (χ0n) is 11.1. The van der Waals surface area contributed by atoms with Crippen LogP contribution in [0.3, 0.4) is 0 Å². The number of rotatable bonds is 4. The molecule has 0 amide bonds. The quantitative estimate of drug-likeness (QED) is 0.678. The van der Waals surface area contributed by atoms with E-state index in [9.17, 15) is 10.1 Å². The molecule has 0 aliphatic carbocycles. The van der Waals surface area contributed by atoms with Gasteiger partial charge in [-0.2, -0.15) is 5.26 Å². The summed E-state index contributed by atoms with van der Waals surface area (Å²) < 4.78 is 5.50. The first-order valence-electron chi connectivity index (χ1n) is 6.02. The highest BCUT2D eigenvalue weighted by Gasteiger charge is 2.14. The van der Waals surface area contributed by atoms with Gasteiger partial charge in [-0.1, -0.05) is 0 Å². The Morgan fingerprint density at radius 2 is 2.15 bits per heavy atom. The lowest BCUT2D eigenvalue weighted by atomic mass is 10.1. The Bertz CT molecular complexity index is 685. The number of furan rings is 1. The number of hydrogen-bond acceptors (Lipinski definition) is 5. The summed E-state index contributed by atoms with van der Waals surface area (Å²) in [5.41, 5.74) is 0.669. The van der Waals surface area contributed by atoms with Crippen LogP contribution in [0.1, 0.15) is 30.0 Å². The highest BCUT2D eigenvalue weighted by atomic mass is 16.6. The van der Waals surface area contributed by atoms with Gasteiger partial charge in [0.25, 0.3) is 5.69 Å². The van der Waals surface area contributed by atoms with Crippen LogP contribution in [0.15, 0.2) is 34.7 Å². The minimum Gasteiger partial charge on any atom is -0.464 e. The molecule has 102 valence electrons. The van der Waals surface area contributed by atoms with Crippen LogP contribution in [0.5, 0.6) is 0 Å². The zero-order chi connectivity index (χ0) is 14.7. The standard InChI is InChI=1S/C14H13N3O3/c1-9-3-6-14(20-9)10(2)16-13-5-4-12(17(18)19)7-11(13)8-15/h3-7,10,16H,1-2H3. The van der Waals surface area contributed by atoms with Gasteiger partial charge in [0, 0.05) is 12.1 Å². The maximum Gasteiger partial charge on any atom is 0.270 e. The number of nitriles is 1. The van der Waals surface area contributed by atoms with Crippen LogP contribution in [0.4, 0.5) is 11.4 Å². The van der Waals surface area contributed by atoms with Gasteiger partial charge in [0.1, 0.15) is 17.6 Å². The number of aryl methyl sites for hydroxylation is 1. The molecule has 2 rings (SSSR count). The summed E-state index contributed by atoms with van der Waals surface area (Å²) >= 11 is 0. The third kappa shape index (κ3) is 2.78. The minimum absolute atomic E-state index is 0.103. The van der Waals surface area contributed by atoms with E-state index in [-0.39, 0.29) is 17.3 Å². The van der Waals surface area contributed by atoms with E-state index in [1.165, 1.54) is 18.2 Å². The molecule has 1 aromatic heterocycles. The van der Waals surface area contributed by atoms with E-state index in [0.717, 1.165) is 11.5 Å². The van der Waals surface area contributed by atoms with Crippen LogP contribution < -0.4 is 5.32 Å². The predicted octanol–water partition coefficient (Wildman–Crippen LogP) is 3.54. The molecule has 0 spiro atoms. The Labute approximate surface area is 115 Å². The Kier molecular flexibility index (Phi) is 3.71. The number of nitrogens with zero attached hydrogens (tertiary/aromatic N) is 2. The van der Waals surface area contributed by atoms with Crippen molar-refractivity contribution >= 4 is 11.4 Å². The first-order chi connectivity index (χ1) is 9.51. The molecule has 1 N–H and O–H groups in total. The molecule has 0 bridgehead atoms. The van der Waals surface area contributed by atoms with Crippen molar-refractivity contribution in [1.82, 2.24) is 0 Å². The first kappa shape index (κ1) is 13.6. The van der Waals surface area contributed by atoms with Crippen molar-refractivity contribution in [1.29, 1.82) is 5.26 Å². The van der Waals surface area contributed by atoms with Crippen LogP contribution in [0.25, 0.3) is 0 Å². The molecule has 6 heteroatoms. The predicted molar refractivity (Wildman–Crippen MR) is 73.3 cm³/mol. The summed E-state index contributed by atoms with van der Waals surface area (Å²) in [6, 6.07) is 9.67. The van der Waals surface area contributed by atoms with E-state index >= 15 is 0 Å². The summed E-state index contributed by atoms with van der Waals surface area (Å²) in [6.07, 6.45) is 0. The largest absolute Gasteiger partial charge is 0.464 e.